The SMILES string of the molecule is Cc1nc2sc3c(=O)n(-c4ccccc4)c(=S)[nH]c3c2cc1-c1ccccc1. The van der Waals surface area contributed by atoms with Crippen LogP contribution in [0.15, 0.2) is 71.5 Å². The van der Waals surface area contributed by atoms with E-state index in [-0.39, 0.29) is 5.56 Å². The first-order valence-corrected chi connectivity index (χ1v) is 10.1. The number of aromatic amines is 1. The molecule has 0 aliphatic carbocycles. The molecule has 2 aromatic carbocycles. The molecule has 0 saturated carbocycles. The van der Waals surface area contributed by atoms with E-state index in [9.17, 15) is 4.79 Å². The highest BCUT2D eigenvalue weighted by Gasteiger charge is 2.16. The Bertz CT molecular complexity index is 1450. The first-order chi connectivity index (χ1) is 13.6. The summed E-state index contributed by atoms with van der Waals surface area (Å²) < 4.78 is 2.55. The highest BCUT2D eigenvalue weighted by atomic mass is 32.1. The second-order valence-electron chi connectivity index (χ2n) is 6.55. The van der Waals surface area contributed by atoms with Crippen molar-refractivity contribution >= 4 is 44.0 Å². The zero-order valence-corrected chi connectivity index (χ0v) is 16.6. The van der Waals surface area contributed by atoms with Crippen LogP contribution in [0.2, 0.25) is 0 Å². The maximum absolute atomic E-state index is 13.2. The third-order valence-electron chi connectivity index (χ3n) is 4.80. The average molecular weight is 402 g/mol. The van der Waals surface area contributed by atoms with Crippen LogP contribution in [0.4, 0.5) is 0 Å². The summed E-state index contributed by atoms with van der Waals surface area (Å²) >= 11 is 6.92. The number of nitrogens with one attached hydrogen (secondary N) is 1. The maximum Gasteiger partial charge on any atom is 0.276 e. The molecule has 5 aromatic rings. The van der Waals surface area contributed by atoms with Crippen LogP contribution < -0.4 is 5.56 Å². The van der Waals surface area contributed by atoms with E-state index in [1.165, 1.54) is 15.9 Å². The summed E-state index contributed by atoms with van der Waals surface area (Å²) in [7, 11) is 0. The minimum atomic E-state index is -0.119. The largest absolute Gasteiger partial charge is 0.330 e. The molecule has 136 valence electrons. The van der Waals surface area contributed by atoms with Crippen molar-refractivity contribution in [2.24, 2.45) is 0 Å². The quantitative estimate of drug-likeness (QED) is 0.390. The van der Waals surface area contributed by atoms with Gasteiger partial charge in [-0.2, -0.15) is 0 Å². The van der Waals surface area contributed by atoms with Gasteiger partial charge in [-0.3, -0.25) is 9.36 Å². The minimum Gasteiger partial charge on any atom is -0.330 e. The van der Waals surface area contributed by atoms with Crippen LogP contribution in [-0.2, 0) is 0 Å². The molecule has 0 radical (unpaired) electrons. The van der Waals surface area contributed by atoms with Crippen molar-refractivity contribution in [2.75, 3.05) is 0 Å². The Morgan fingerprint density at radius 3 is 2.43 bits per heavy atom. The van der Waals surface area contributed by atoms with Gasteiger partial charge >= 0.3 is 0 Å². The van der Waals surface area contributed by atoms with Crippen molar-refractivity contribution in [3.8, 4) is 16.8 Å². The Morgan fingerprint density at radius 2 is 1.71 bits per heavy atom. The summed E-state index contributed by atoms with van der Waals surface area (Å²) in [6.07, 6.45) is 0. The third kappa shape index (κ3) is 2.61. The molecule has 0 saturated heterocycles. The van der Waals surface area contributed by atoms with Crippen LogP contribution in [-0.4, -0.2) is 14.5 Å². The second kappa shape index (κ2) is 6.51. The van der Waals surface area contributed by atoms with E-state index >= 15 is 0 Å². The number of pyridine rings is 1. The fourth-order valence-corrected chi connectivity index (χ4v) is 4.84. The smallest absolute Gasteiger partial charge is 0.276 e. The number of aromatic nitrogens is 3. The number of hydrogen-bond donors (Lipinski definition) is 1. The number of fused-ring (bicyclic) bond motifs is 3. The van der Waals surface area contributed by atoms with Gasteiger partial charge in [-0.15, -0.1) is 11.3 Å². The molecule has 0 aliphatic rings. The molecule has 1 N–H and O–H groups in total. The summed E-state index contributed by atoms with van der Waals surface area (Å²) in [6, 6.07) is 21.7. The van der Waals surface area contributed by atoms with E-state index in [0.29, 0.717) is 9.47 Å². The van der Waals surface area contributed by atoms with E-state index in [2.05, 4.69) is 23.2 Å². The minimum absolute atomic E-state index is 0.119. The average Bonchev–Trinajstić information content (AvgIpc) is 3.06. The summed E-state index contributed by atoms with van der Waals surface area (Å²) in [5.41, 5.74) is 4.48. The molecular formula is C22H15N3OS2. The number of H-pyrrole nitrogens is 1. The van der Waals surface area contributed by atoms with Gasteiger partial charge in [0.05, 0.1) is 11.2 Å². The number of aryl methyl sites for hydroxylation is 1. The Labute approximate surface area is 169 Å². The van der Waals surface area contributed by atoms with E-state index in [0.717, 1.165) is 38.2 Å². The number of benzene rings is 2. The van der Waals surface area contributed by atoms with Crippen LogP contribution in [0.25, 0.3) is 37.2 Å². The summed E-state index contributed by atoms with van der Waals surface area (Å²) in [6.45, 7) is 2.00. The predicted molar refractivity (Wildman–Crippen MR) is 118 cm³/mol. The van der Waals surface area contributed by atoms with Gasteiger partial charge in [0.1, 0.15) is 9.53 Å². The Hall–Kier alpha value is -3.09. The zero-order valence-electron chi connectivity index (χ0n) is 15.0. The highest BCUT2D eigenvalue weighted by molar-refractivity contribution is 7.71. The van der Waals surface area contributed by atoms with Gasteiger partial charge < -0.3 is 4.98 Å². The number of rotatable bonds is 2. The summed E-state index contributed by atoms with van der Waals surface area (Å²) in [5.74, 6) is 0. The Kier molecular flexibility index (Phi) is 3.96. The number of nitrogens with zero attached hydrogens (tertiary/aromatic N) is 2. The van der Waals surface area contributed by atoms with Crippen LogP contribution in [0, 0.1) is 11.7 Å². The molecule has 0 fully saturated rings. The molecule has 0 aliphatic heterocycles. The lowest BCUT2D eigenvalue weighted by Crippen LogP contribution is -2.19. The number of thiophene rings is 1. The lowest BCUT2D eigenvalue weighted by molar-refractivity contribution is 0.944. The lowest BCUT2D eigenvalue weighted by Gasteiger charge is -2.07. The standard InChI is InChI=1S/C22H15N3OS2/c1-13-16(14-8-4-2-5-9-14)12-17-18-19(28-20(17)23-13)21(26)25(22(27)24-18)15-10-6-3-7-11-15/h2-12H,1H3,(H,24,27). The van der Waals surface area contributed by atoms with Gasteiger partial charge in [-0.25, -0.2) is 4.98 Å². The monoisotopic (exact) mass is 401 g/mol. The van der Waals surface area contributed by atoms with Crippen molar-refractivity contribution in [2.45, 2.75) is 6.92 Å². The topological polar surface area (TPSA) is 50.7 Å². The molecular weight excluding hydrogens is 386 g/mol. The van der Waals surface area contributed by atoms with Crippen molar-refractivity contribution in [3.63, 3.8) is 0 Å². The molecule has 28 heavy (non-hydrogen) atoms. The van der Waals surface area contributed by atoms with Crippen molar-refractivity contribution < 1.29 is 0 Å². The fraction of sp³-hybridized carbons (Fsp3) is 0.0455. The van der Waals surface area contributed by atoms with Gasteiger partial charge in [-0.1, -0.05) is 48.5 Å². The van der Waals surface area contributed by atoms with Crippen LogP contribution >= 0.6 is 23.6 Å². The lowest BCUT2D eigenvalue weighted by atomic mass is 10.0. The first kappa shape index (κ1) is 17.0. The van der Waals surface area contributed by atoms with Crippen LogP contribution in [0.3, 0.4) is 0 Å². The second-order valence-corrected chi connectivity index (χ2v) is 7.94. The zero-order chi connectivity index (χ0) is 19.3. The molecule has 0 bridgehead atoms. The van der Waals surface area contributed by atoms with Gasteiger partial charge in [0.15, 0.2) is 4.77 Å². The van der Waals surface area contributed by atoms with E-state index in [1.54, 1.807) is 0 Å². The van der Waals surface area contributed by atoms with Gasteiger partial charge in [0.2, 0.25) is 0 Å². The summed E-state index contributed by atoms with van der Waals surface area (Å²) in [4.78, 5) is 22.1. The normalized spacial score (nSPS) is 11.3. The van der Waals surface area contributed by atoms with E-state index < -0.39 is 0 Å². The molecule has 4 nitrogen and oxygen atoms in total. The molecule has 0 atom stereocenters. The molecule has 0 spiro atoms. The van der Waals surface area contributed by atoms with Gasteiger partial charge in [0, 0.05) is 16.6 Å². The fourth-order valence-electron chi connectivity index (χ4n) is 3.46. The maximum atomic E-state index is 13.2. The molecule has 0 amide bonds. The number of para-hydroxylation sites is 1. The highest BCUT2D eigenvalue weighted by Crippen LogP contribution is 2.34. The Morgan fingerprint density at radius 1 is 1.04 bits per heavy atom. The molecule has 5 rings (SSSR count). The van der Waals surface area contributed by atoms with Crippen LogP contribution in [0.1, 0.15) is 5.69 Å². The van der Waals surface area contributed by atoms with Crippen molar-refractivity contribution in [1.82, 2.24) is 14.5 Å². The third-order valence-corrected chi connectivity index (χ3v) is 6.18. The molecule has 6 heteroatoms. The molecule has 3 aromatic heterocycles. The van der Waals surface area contributed by atoms with Gasteiger partial charge in [0.25, 0.3) is 5.56 Å². The van der Waals surface area contributed by atoms with Gasteiger partial charge in [-0.05, 0) is 42.9 Å². The molecule has 3 heterocycles. The van der Waals surface area contributed by atoms with Crippen molar-refractivity contribution in [3.05, 3.63) is 87.5 Å². The Balaban J connectivity index is 1.84. The first-order valence-electron chi connectivity index (χ1n) is 8.83. The van der Waals surface area contributed by atoms with E-state index in [4.69, 9.17) is 17.2 Å². The van der Waals surface area contributed by atoms with E-state index in [1.807, 2.05) is 55.5 Å². The number of hydrogen-bond acceptors (Lipinski definition) is 4. The van der Waals surface area contributed by atoms with Crippen LogP contribution in [0.5, 0.6) is 0 Å². The predicted octanol–water partition coefficient (Wildman–Crippen LogP) is 5.63. The molecule has 0 unspecified atom stereocenters. The van der Waals surface area contributed by atoms with Crippen molar-refractivity contribution in [1.29, 1.82) is 0 Å². The summed E-state index contributed by atoms with van der Waals surface area (Å²) in [5, 5.41) is 0.924.